The number of rotatable bonds is 3. The van der Waals surface area contributed by atoms with Crippen LogP contribution in [0.5, 0.6) is 0 Å². The van der Waals surface area contributed by atoms with Gasteiger partial charge in [0.15, 0.2) is 17.7 Å². The van der Waals surface area contributed by atoms with Gasteiger partial charge >= 0.3 is 5.76 Å². The van der Waals surface area contributed by atoms with Crippen LogP contribution < -0.4 is 16.7 Å². The highest BCUT2D eigenvalue weighted by Gasteiger charge is 2.37. The molecule has 0 saturated carbocycles. The minimum Gasteiger partial charge on any atom is -0.311 e. The Bertz CT molecular complexity index is 748. The minimum atomic E-state index is -0.567. The first-order chi connectivity index (χ1) is 10.6. The van der Waals surface area contributed by atoms with E-state index in [1.807, 2.05) is 31.2 Å². The summed E-state index contributed by atoms with van der Waals surface area (Å²) in [6.07, 6.45) is 0. The van der Waals surface area contributed by atoms with Crippen molar-refractivity contribution in [2.45, 2.75) is 13.0 Å². The van der Waals surface area contributed by atoms with Gasteiger partial charge in [0.2, 0.25) is 0 Å². The molecule has 1 aromatic heterocycles. The highest BCUT2D eigenvalue weighted by atomic mass is 16.8. The normalized spacial score (nSPS) is 20.3. The molecule has 1 fully saturated rings. The van der Waals surface area contributed by atoms with E-state index in [9.17, 15) is 4.79 Å². The zero-order chi connectivity index (χ0) is 15.7. The highest BCUT2D eigenvalue weighted by Crippen LogP contribution is 2.24. The first-order valence-electron chi connectivity index (χ1n) is 6.67. The van der Waals surface area contributed by atoms with Crippen molar-refractivity contribution in [3.05, 3.63) is 46.2 Å². The van der Waals surface area contributed by atoms with Crippen LogP contribution in [0.25, 0.3) is 5.69 Å². The molecule has 2 heterocycles. The van der Waals surface area contributed by atoms with E-state index in [-0.39, 0.29) is 0 Å². The van der Waals surface area contributed by atoms with E-state index < -0.39 is 11.8 Å². The number of hydrogen-bond acceptors (Lipinski definition) is 7. The van der Waals surface area contributed by atoms with Crippen LogP contribution in [0.1, 0.15) is 17.4 Å². The predicted molar refractivity (Wildman–Crippen MR) is 78.1 cm³/mol. The van der Waals surface area contributed by atoms with Gasteiger partial charge in [0, 0.05) is 14.1 Å². The molecular formula is C13H16N6O3. The number of nitrogens with one attached hydrogen (secondary N) is 2. The monoisotopic (exact) mass is 304 g/mol. The summed E-state index contributed by atoms with van der Waals surface area (Å²) in [5.74, 6) is 0.275. The number of hydrogen-bond donors (Lipinski definition) is 2. The predicted octanol–water partition coefficient (Wildman–Crippen LogP) is 0.0895. The van der Waals surface area contributed by atoms with Gasteiger partial charge in [-0.2, -0.15) is 10.0 Å². The maximum atomic E-state index is 12.1. The van der Waals surface area contributed by atoms with E-state index in [1.54, 1.807) is 14.1 Å². The number of benzene rings is 1. The van der Waals surface area contributed by atoms with Gasteiger partial charge < -0.3 is 5.43 Å². The average Bonchev–Trinajstić information content (AvgIpc) is 3.04. The zero-order valence-electron chi connectivity index (χ0n) is 12.4. The molecular weight excluding hydrogens is 288 g/mol. The SMILES string of the molecule is CNN=C1NON(C)C1c1noc(=O)n1-c1ccc(C)cc1. The quantitative estimate of drug-likeness (QED) is 0.776. The first-order valence-corrected chi connectivity index (χ1v) is 6.67. The molecule has 2 aromatic rings. The van der Waals surface area contributed by atoms with Gasteiger partial charge in [0.1, 0.15) is 0 Å². The molecule has 9 nitrogen and oxygen atoms in total. The Hall–Kier alpha value is -2.65. The molecule has 2 N–H and O–H groups in total. The van der Waals surface area contributed by atoms with E-state index in [2.05, 4.69) is 21.2 Å². The van der Waals surface area contributed by atoms with E-state index in [0.29, 0.717) is 17.3 Å². The third-order valence-corrected chi connectivity index (χ3v) is 3.31. The lowest BCUT2D eigenvalue weighted by atomic mass is 10.2. The van der Waals surface area contributed by atoms with Gasteiger partial charge in [0.05, 0.1) is 5.69 Å². The third kappa shape index (κ3) is 2.36. The molecule has 1 aromatic carbocycles. The van der Waals surface area contributed by atoms with Crippen molar-refractivity contribution in [1.29, 1.82) is 0 Å². The van der Waals surface area contributed by atoms with Crippen molar-refractivity contribution in [3.8, 4) is 5.69 Å². The second-order valence-electron chi connectivity index (χ2n) is 4.84. The molecule has 1 saturated heterocycles. The van der Waals surface area contributed by atoms with E-state index in [1.165, 1.54) is 9.63 Å². The van der Waals surface area contributed by atoms with Crippen LogP contribution in [0.2, 0.25) is 0 Å². The fraction of sp³-hybridized carbons (Fsp3) is 0.308. The first kappa shape index (κ1) is 14.3. The maximum absolute atomic E-state index is 12.1. The Labute approximate surface area is 126 Å². The van der Waals surface area contributed by atoms with Crippen LogP contribution >= 0.6 is 0 Å². The molecule has 0 radical (unpaired) electrons. The number of aryl methyl sites for hydroxylation is 1. The summed E-state index contributed by atoms with van der Waals surface area (Å²) >= 11 is 0. The van der Waals surface area contributed by atoms with Gasteiger partial charge in [-0.05, 0) is 19.1 Å². The third-order valence-electron chi connectivity index (χ3n) is 3.31. The molecule has 1 unspecified atom stereocenters. The number of likely N-dealkylation sites (N-methyl/N-ethyl adjacent to an activating group) is 1. The Morgan fingerprint density at radius 3 is 2.77 bits per heavy atom. The van der Waals surface area contributed by atoms with Crippen LogP contribution in [0.15, 0.2) is 38.7 Å². The lowest BCUT2D eigenvalue weighted by molar-refractivity contribution is -0.155. The summed E-state index contributed by atoms with van der Waals surface area (Å²) < 4.78 is 6.23. The molecule has 9 heteroatoms. The number of aromatic nitrogens is 2. The van der Waals surface area contributed by atoms with Crippen molar-refractivity contribution in [3.63, 3.8) is 0 Å². The summed E-state index contributed by atoms with van der Waals surface area (Å²) in [5, 5.41) is 9.46. The van der Waals surface area contributed by atoms with E-state index in [0.717, 1.165) is 5.56 Å². The lowest BCUT2D eigenvalue weighted by Gasteiger charge is -2.14. The van der Waals surface area contributed by atoms with E-state index in [4.69, 9.17) is 9.46 Å². The van der Waals surface area contributed by atoms with Crippen molar-refractivity contribution >= 4 is 5.84 Å². The van der Waals surface area contributed by atoms with Crippen molar-refractivity contribution in [2.75, 3.05) is 14.1 Å². The minimum absolute atomic E-state index is 0.371. The Balaban J connectivity index is 2.11. The average molecular weight is 304 g/mol. The summed E-state index contributed by atoms with van der Waals surface area (Å²) in [4.78, 5) is 17.3. The summed E-state index contributed by atoms with van der Waals surface area (Å²) in [6.45, 7) is 1.97. The topological polar surface area (TPSA) is 96.9 Å². The van der Waals surface area contributed by atoms with Crippen molar-refractivity contribution < 1.29 is 9.46 Å². The largest absolute Gasteiger partial charge is 0.446 e. The number of nitrogens with zero attached hydrogens (tertiary/aromatic N) is 4. The highest BCUT2D eigenvalue weighted by molar-refractivity contribution is 5.87. The number of hydroxylamine groups is 3. The fourth-order valence-electron chi connectivity index (χ4n) is 2.25. The summed E-state index contributed by atoms with van der Waals surface area (Å²) in [7, 11) is 3.37. The van der Waals surface area contributed by atoms with E-state index >= 15 is 0 Å². The Morgan fingerprint density at radius 1 is 1.36 bits per heavy atom. The molecule has 0 aliphatic carbocycles. The molecule has 1 aliphatic rings. The summed E-state index contributed by atoms with van der Waals surface area (Å²) in [5.41, 5.74) is 7.10. The zero-order valence-corrected chi connectivity index (χ0v) is 12.4. The number of hydrazone groups is 1. The fourth-order valence-corrected chi connectivity index (χ4v) is 2.25. The lowest BCUT2D eigenvalue weighted by Crippen LogP contribution is -2.28. The second kappa shape index (κ2) is 5.62. The molecule has 0 spiro atoms. The molecule has 0 amide bonds. The van der Waals surface area contributed by atoms with Gasteiger partial charge in [0.25, 0.3) is 0 Å². The molecule has 1 aliphatic heterocycles. The maximum Gasteiger partial charge on any atom is 0.446 e. The second-order valence-corrected chi connectivity index (χ2v) is 4.84. The van der Waals surface area contributed by atoms with Crippen LogP contribution in [0, 0.1) is 6.92 Å². The van der Waals surface area contributed by atoms with Crippen LogP contribution in [-0.4, -0.2) is 34.7 Å². The molecule has 22 heavy (non-hydrogen) atoms. The Kier molecular flexibility index (Phi) is 3.65. The summed E-state index contributed by atoms with van der Waals surface area (Å²) in [6, 6.07) is 6.98. The van der Waals surface area contributed by atoms with Gasteiger partial charge in [-0.1, -0.05) is 22.9 Å². The van der Waals surface area contributed by atoms with Crippen LogP contribution in [0.4, 0.5) is 0 Å². The molecule has 0 bridgehead atoms. The van der Waals surface area contributed by atoms with Gasteiger partial charge in [-0.3, -0.25) is 4.52 Å². The molecule has 116 valence electrons. The van der Waals surface area contributed by atoms with Gasteiger partial charge in [-0.25, -0.2) is 14.8 Å². The number of amidine groups is 1. The standard InChI is InChI=1S/C13H16N6O3/c1-8-4-6-9(7-5-8)19-12(17-21-13(19)20)10-11(15-14-2)16-22-18(10)3/h4-7,10,14H,1-3H3,(H,15,16). The van der Waals surface area contributed by atoms with Crippen molar-refractivity contribution in [1.82, 2.24) is 25.7 Å². The molecule has 1 atom stereocenters. The smallest absolute Gasteiger partial charge is 0.311 e. The van der Waals surface area contributed by atoms with Crippen molar-refractivity contribution in [2.24, 2.45) is 5.10 Å². The van der Waals surface area contributed by atoms with Gasteiger partial charge in [-0.15, -0.1) is 5.06 Å². The molecule has 3 rings (SSSR count). The Morgan fingerprint density at radius 2 is 2.09 bits per heavy atom. The van der Waals surface area contributed by atoms with Crippen LogP contribution in [-0.2, 0) is 4.94 Å². The van der Waals surface area contributed by atoms with Crippen LogP contribution in [0.3, 0.4) is 0 Å².